The van der Waals surface area contributed by atoms with Crippen molar-refractivity contribution in [1.82, 2.24) is 29.7 Å². The number of ether oxygens (including phenoxy) is 2. The quantitative estimate of drug-likeness (QED) is 0.174. The van der Waals surface area contributed by atoms with E-state index in [2.05, 4.69) is 32.1 Å². The number of imidazole rings is 1. The molecule has 6 rings (SSSR count). The number of nitro groups is 1. The number of carbonyl (C=O) groups excluding carboxylic acids is 2. The van der Waals surface area contributed by atoms with Gasteiger partial charge in [0.05, 0.1) is 11.3 Å². The molecule has 3 aliphatic rings. The molecule has 2 amide bonds. The highest BCUT2D eigenvalue weighted by Gasteiger charge is 2.48. The molecule has 2 saturated heterocycles. The van der Waals surface area contributed by atoms with Crippen molar-refractivity contribution in [3.05, 3.63) is 46.5 Å². The van der Waals surface area contributed by atoms with E-state index < -0.39 is 41.5 Å². The molecule has 16 nitrogen and oxygen atoms in total. The summed E-state index contributed by atoms with van der Waals surface area (Å²) in [4.78, 5) is 49.8. The highest BCUT2D eigenvalue weighted by Crippen LogP contribution is 2.33. The van der Waals surface area contributed by atoms with Gasteiger partial charge in [0.25, 0.3) is 11.6 Å². The number of nitrogens with two attached hydrogens (primary N) is 1. The lowest BCUT2D eigenvalue weighted by atomic mass is 9.94. The number of hydrogen-bond donors (Lipinski definition) is 4. The van der Waals surface area contributed by atoms with Crippen molar-refractivity contribution in [3.8, 4) is 17.6 Å². The van der Waals surface area contributed by atoms with Crippen LogP contribution in [0.4, 0.5) is 16.3 Å². The number of carbonyl (C=O) groups is 2. The molecule has 0 radical (unpaired) electrons. The number of likely N-dealkylation sites (tertiary alicyclic amines) is 1. The average Bonchev–Trinajstić information content (AvgIpc) is 3.64. The number of hydrogen-bond acceptors (Lipinski definition) is 12. The van der Waals surface area contributed by atoms with E-state index in [1.54, 1.807) is 4.90 Å². The van der Waals surface area contributed by atoms with E-state index in [4.69, 9.17) is 15.2 Å². The maximum absolute atomic E-state index is 12.5. The molecule has 1 aromatic carbocycles. The molecule has 3 aromatic rings. The number of nitrogen functional groups attached to an aromatic ring is 1. The van der Waals surface area contributed by atoms with E-state index in [1.165, 1.54) is 35.2 Å². The van der Waals surface area contributed by atoms with Gasteiger partial charge in [0.2, 0.25) is 5.82 Å². The topological polar surface area (TPSA) is 221 Å². The Morgan fingerprint density at radius 1 is 1.14 bits per heavy atom. The Labute approximate surface area is 250 Å². The first-order valence-electron chi connectivity index (χ1n) is 14.2. The number of non-ortho nitro benzene ring substituents is 1. The molecule has 4 atom stereocenters. The zero-order valence-corrected chi connectivity index (χ0v) is 23.4. The van der Waals surface area contributed by atoms with Gasteiger partial charge in [0.15, 0.2) is 23.8 Å². The van der Waals surface area contributed by atoms with Gasteiger partial charge in [-0.1, -0.05) is 5.92 Å². The van der Waals surface area contributed by atoms with Gasteiger partial charge in [-0.25, -0.2) is 19.7 Å². The molecule has 1 aliphatic carbocycles. The molecule has 230 valence electrons. The largest absolute Gasteiger partial charge is 0.415 e. The minimum Gasteiger partial charge on any atom is -0.410 e. The van der Waals surface area contributed by atoms with Gasteiger partial charge in [0, 0.05) is 37.7 Å². The second-order valence-corrected chi connectivity index (χ2v) is 11.0. The lowest BCUT2D eigenvalue weighted by molar-refractivity contribution is -0.384. The van der Waals surface area contributed by atoms with Crippen LogP contribution in [0.15, 0.2) is 30.6 Å². The number of aromatic nitrogens is 4. The number of anilines is 1. The molecule has 3 fully saturated rings. The fourth-order valence-corrected chi connectivity index (χ4v) is 5.19. The smallest absolute Gasteiger partial charge is 0.410 e. The fraction of sp³-hybridized carbons (Fsp3) is 0.464. The number of nitro benzene ring substituents is 1. The summed E-state index contributed by atoms with van der Waals surface area (Å²) in [6.45, 7) is 0.948. The number of aliphatic hydroxyl groups is 2. The Balaban J connectivity index is 1.06. The highest BCUT2D eigenvalue weighted by molar-refractivity contribution is 5.83. The molecule has 0 bridgehead atoms. The number of fused-ring (bicyclic) bond motifs is 1. The number of rotatable bonds is 6. The van der Waals surface area contributed by atoms with Crippen LogP contribution in [0, 0.1) is 27.9 Å². The van der Waals surface area contributed by atoms with Gasteiger partial charge in [0.1, 0.15) is 23.5 Å². The van der Waals surface area contributed by atoms with Crippen molar-refractivity contribution in [2.24, 2.45) is 5.92 Å². The fourth-order valence-electron chi connectivity index (χ4n) is 5.19. The molecular formula is C28H30N8O8. The van der Waals surface area contributed by atoms with Gasteiger partial charge in [-0.2, -0.15) is 0 Å². The Hall–Kier alpha value is -4.85. The summed E-state index contributed by atoms with van der Waals surface area (Å²) in [5, 5.41) is 34.7. The van der Waals surface area contributed by atoms with Crippen LogP contribution in [-0.4, -0.2) is 89.0 Å². The molecular weight excluding hydrogens is 576 g/mol. The van der Waals surface area contributed by atoms with Crippen molar-refractivity contribution >= 4 is 34.7 Å². The molecule has 2 aliphatic heterocycles. The number of amides is 2. The number of nitrogens with zero attached hydrogens (tertiary/aromatic N) is 6. The third-order valence-electron chi connectivity index (χ3n) is 7.86. The molecule has 0 spiro atoms. The van der Waals surface area contributed by atoms with Crippen LogP contribution in [0.3, 0.4) is 0 Å². The Morgan fingerprint density at radius 3 is 2.55 bits per heavy atom. The minimum absolute atomic E-state index is 0.0655. The summed E-state index contributed by atoms with van der Waals surface area (Å²) in [6, 6.07) is 5.39. The molecule has 44 heavy (non-hydrogen) atoms. The van der Waals surface area contributed by atoms with Crippen molar-refractivity contribution in [2.75, 3.05) is 18.8 Å². The van der Waals surface area contributed by atoms with Crippen LogP contribution in [0.25, 0.3) is 11.2 Å². The summed E-state index contributed by atoms with van der Waals surface area (Å²) < 4.78 is 12.5. The average molecular weight is 607 g/mol. The lowest BCUT2D eigenvalue weighted by Crippen LogP contribution is -2.43. The van der Waals surface area contributed by atoms with E-state index in [-0.39, 0.29) is 46.2 Å². The van der Waals surface area contributed by atoms with Crippen LogP contribution in [0.2, 0.25) is 0 Å². The number of benzene rings is 1. The van der Waals surface area contributed by atoms with Crippen LogP contribution < -0.4 is 15.8 Å². The van der Waals surface area contributed by atoms with E-state index >= 15 is 0 Å². The van der Waals surface area contributed by atoms with Gasteiger partial charge in [-0.05, 0) is 49.7 Å². The third-order valence-corrected chi connectivity index (χ3v) is 7.86. The number of nitrogens with one attached hydrogen (secondary N) is 1. The summed E-state index contributed by atoms with van der Waals surface area (Å²) >= 11 is 0. The standard InChI is InChI=1S/C28H30N8O8/c29-24-20-25(35(14-30-20)27-22(38)21(37)23(44-27)26(39)31-16-4-5-16)33-19(32-24)3-1-2-15-10-12-34(13-11-15)28(40)43-18-8-6-17(7-9-18)36(41)42/h6-9,14-16,21-23,27,37-38H,2,4-5,10-13H2,(H,31,39)(H2,29,32,33)/t21?,22-,23-,27+/m0/s1. The van der Waals surface area contributed by atoms with E-state index in [0.717, 1.165) is 12.8 Å². The third kappa shape index (κ3) is 6.11. The monoisotopic (exact) mass is 606 g/mol. The number of aliphatic hydroxyl groups excluding tert-OH is 2. The van der Waals surface area contributed by atoms with Gasteiger partial charge in [-0.15, -0.1) is 0 Å². The van der Waals surface area contributed by atoms with Crippen molar-refractivity contribution in [3.63, 3.8) is 0 Å². The maximum Gasteiger partial charge on any atom is 0.415 e. The maximum atomic E-state index is 12.5. The summed E-state index contributed by atoms with van der Waals surface area (Å²) in [6.07, 6.45) is -0.721. The predicted molar refractivity (Wildman–Crippen MR) is 152 cm³/mol. The Kier molecular flexibility index (Phi) is 7.99. The number of piperidine rings is 1. The molecule has 4 heterocycles. The lowest BCUT2D eigenvalue weighted by Gasteiger charge is -2.30. The molecule has 16 heteroatoms. The molecule has 5 N–H and O–H groups in total. The highest BCUT2D eigenvalue weighted by atomic mass is 16.6. The first-order chi connectivity index (χ1) is 21.2. The summed E-state index contributed by atoms with van der Waals surface area (Å²) in [7, 11) is 0. The Bertz CT molecular complexity index is 1640. The predicted octanol–water partition coefficient (Wildman–Crippen LogP) is 0.867. The van der Waals surface area contributed by atoms with Crippen LogP contribution in [0.1, 0.15) is 44.2 Å². The minimum atomic E-state index is -1.44. The van der Waals surface area contributed by atoms with Crippen LogP contribution in [0.5, 0.6) is 5.75 Å². The molecule has 1 saturated carbocycles. The molecule has 1 unspecified atom stereocenters. The normalized spacial score (nSPS) is 23.6. The van der Waals surface area contributed by atoms with E-state index in [9.17, 15) is 29.9 Å². The first kappa shape index (κ1) is 29.2. The van der Waals surface area contributed by atoms with Crippen LogP contribution in [-0.2, 0) is 9.53 Å². The van der Waals surface area contributed by atoms with Crippen molar-refractivity contribution < 1.29 is 34.2 Å². The van der Waals surface area contributed by atoms with E-state index in [0.29, 0.717) is 32.4 Å². The second-order valence-electron chi connectivity index (χ2n) is 11.0. The van der Waals surface area contributed by atoms with Gasteiger partial charge >= 0.3 is 6.09 Å². The van der Waals surface area contributed by atoms with Crippen molar-refractivity contribution in [2.45, 2.75) is 62.7 Å². The first-order valence-corrected chi connectivity index (χ1v) is 14.2. The van der Waals surface area contributed by atoms with Crippen molar-refractivity contribution in [1.29, 1.82) is 0 Å². The Morgan fingerprint density at radius 2 is 1.86 bits per heavy atom. The zero-order valence-electron chi connectivity index (χ0n) is 23.4. The van der Waals surface area contributed by atoms with Gasteiger partial charge in [-0.3, -0.25) is 19.5 Å². The zero-order chi connectivity index (χ0) is 31.0. The van der Waals surface area contributed by atoms with Gasteiger partial charge < -0.3 is 35.6 Å². The van der Waals surface area contributed by atoms with Crippen LogP contribution >= 0.6 is 0 Å². The SMILES string of the molecule is Nc1nc(C#CCC2CCN(C(=O)Oc3ccc([N+](=O)[O-])cc3)CC2)nc2c1ncn2[C@@H]1O[C@H](C(=O)NC2CC2)C(O)[C@@H]1O. The summed E-state index contributed by atoms with van der Waals surface area (Å²) in [5.74, 6) is 6.19. The second kappa shape index (κ2) is 12.0. The summed E-state index contributed by atoms with van der Waals surface area (Å²) in [5.41, 5.74) is 6.52. The molecule has 2 aromatic heterocycles. The van der Waals surface area contributed by atoms with E-state index in [1.807, 2.05) is 0 Å².